The number of hydrogen-bond acceptors (Lipinski definition) is 3. The molecule has 458 valence electrons. The lowest BCUT2D eigenvalue weighted by atomic mass is 9.33. The van der Waals surface area contributed by atoms with Gasteiger partial charge in [-0.1, -0.05) is 252 Å². The van der Waals surface area contributed by atoms with Gasteiger partial charge in [-0.3, -0.25) is 0 Å². The molecule has 0 spiro atoms. The number of nitrogens with zero attached hydrogens (tertiary/aromatic N) is 3. The van der Waals surface area contributed by atoms with Gasteiger partial charge in [0.05, 0.1) is 16.9 Å². The van der Waals surface area contributed by atoms with Crippen molar-refractivity contribution in [2.24, 2.45) is 0 Å². The van der Waals surface area contributed by atoms with E-state index < -0.39 is 0 Å². The first-order valence-electron chi connectivity index (χ1n) is 33.9. The summed E-state index contributed by atoms with van der Waals surface area (Å²) in [6, 6.07) is 72.7. The molecule has 3 nitrogen and oxygen atoms in total. The van der Waals surface area contributed by atoms with Crippen molar-refractivity contribution in [2.45, 2.75) is 207 Å². The van der Waals surface area contributed by atoms with E-state index in [9.17, 15) is 0 Å². The number of fused-ring (bicyclic) bond motifs is 8. The van der Waals surface area contributed by atoms with Gasteiger partial charge in [-0.25, -0.2) is 0 Å². The van der Waals surface area contributed by atoms with Crippen molar-refractivity contribution in [3.05, 3.63) is 221 Å². The standard InChI is InChI=1S/C86H96BN3/c1-79(2,3)59-34-31-55(32-35-59)58-33-39-73-68(47-58)85(17)43-25-26-44-86(85,18)90(73)63-51-76-78-77(52-63)89(72-41-37-61(81(7,8)9)49-65(72)57-29-23-20-24-30-57)75-54-67-66(83(13,14)45-46-84(67,15)16)53-70(75)87(78)69-50-62(82(10,11)12)38-42-74(69)88(76)71-40-36-60(80(4,5)6)48-64(71)56-27-21-19-22-28-56/h19-24,27-42,47-54H,25-26,43-46H2,1-18H3. The van der Waals surface area contributed by atoms with E-state index in [4.69, 9.17) is 0 Å². The van der Waals surface area contributed by atoms with Gasteiger partial charge in [0.25, 0.3) is 6.71 Å². The minimum absolute atomic E-state index is 0.0155. The molecule has 4 heteroatoms. The molecule has 3 aliphatic heterocycles. The van der Waals surface area contributed by atoms with Crippen LogP contribution in [0.1, 0.15) is 202 Å². The Balaban J connectivity index is 1.14. The highest BCUT2D eigenvalue weighted by atomic mass is 15.3. The Morgan fingerprint density at radius 3 is 1.29 bits per heavy atom. The topological polar surface area (TPSA) is 9.72 Å². The first-order valence-corrected chi connectivity index (χ1v) is 33.9. The summed E-state index contributed by atoms with van der Waals surface area (Å²) in [5, 5.41) is 0. The highest BCUT2D eigenvalue weighted by Gasteiger charge is 2.58. The maximum atomic E-state index is 2.87. The molecule has 2 atom stereocenters. The summed E-state index contributed by atoms with van der Waals surface area (Å²) in [4.78, 5) is 8.38. The predicted octanol–water partition coefficient (Wildman–Crippen LogP) is 22.1. The van der Waals surface area contributed by atoms with Crippen LogP contribution >= 0.6 is 0 Å². The average Bonchev–Trinajstić information content (AvgIpc) is 1.23. The van der Waals surface area contributed by atoms with Crippen molar-refractivity contribution in [3.8, 4) is 33.4 Å². The minimum Gasteiger partial charge on any atom is -0.334 e. The lowest BCUT2D eigenvalue weighted by molar-refractivity contribution is 0.195. The predicted molar refractivity (Wildman–Crippen MR) is 390 cm³/mol. The fraction of sp³-hybridized carbons (Fsp3) is 0.372. The molecule has 0 N–H and O–H groups in total. The zero-order valence-corrected chi connectivity index (χ0v) is 57.5. The smallest absolute Gasteiger partial charge is 0.252 e. The zero-order chi connectivity index (χ0) is 63.6. The van der Waals surface area contributed by atoms with Gasteiger partial charge in [0.1, 0.15) is 0 Å². The van der Waals surface area contributed by atoms with Crippen molar-refractivity contribution in [2.75, 3.05) is 14.7 Å². The van der Waals surface area contributed by atoms with E-state index in [0.29, 0.717) is 0 Å². The van der Waals surface area contributed by atoms with Gasteiger partial charge in [-0.05, 0) is 203 Å². The van der Waals surface area contributed by atoms with Crippen LogP contribution < -0.4 is 31.1 Å². The Hall–Kier alpha value is -7.56. The summed E-state index contributed by atoms with van der Waals surface area (Å²) < 4.78 is 0. The lowest BCUT2D eigenvalue weighted by Gasteiger charge is -2.51. The second kappa shape index (κ2) is 20.5. The van der Waals surface area contributed by atoms with Crippen LogP contribution in [0.2, 0.25) is 0 Å². The highest BCUT2D eigenvalue weighted by Crippen LogP contribution is 2.63. The van der Waals surface area contributed by atoms with Gasteiger partial charge in [0.2, 0.25) is 0 Å². The number of anilines is 8. The largest absolute Gasteiger partial charge is 0.334 e. The van der Waals surface area contributed by atoms with E-state index in [-0.39, 0.29) is 50.2 Å². The Labute approximate surface area is 541 Å². The molecule has 2 aliphatic carbocycles. The first-order chi connectivity index (χ1) is 42.4. The molecule has 9 aromatic rings. The molecular formula is C86H96BN3. The Bertz CT molecular complexity index is 4330. The zero-order valence-electron chi connectivity index (χ0n) is 57.5. The average molecular weight is 1180 g/mol. The third-order valence-corrected chi connectivity index (χ3v) is 22.7. The third-order valence-electron chi connectivity index (χ3n) is 22.7. The van der Waals surface area contributed by atoms with Gasteiger partial charge in [0.15, 0.2) is 0 Å². The molecule has 0 saturated heterocycles. The van der Waals surface area contributed by atoms with Crippen LogP contribution in [0.3, 0.4) is 0 Å². The van der Waals surface area contributed by atoms with Gasteiger partial charge in [0, 0.05) is 50.7 Å². The van der Waals surface area contributed by atoms with Crippen molar-refractivity contribution in [1.82, 2.24) is 0 Å². The number of rotatable bonds is 6. The van der Waals surface area contributed by atoms with E-state index in [1.54, 1.807) is 0 Å². The van der Waals surface area contributed by atoms with E-state index in [0.717, 1.165) is 25.7 Å². The molecule has 0 aromatic heterocycles. The Morgan fingerprint density at radius 2 is 0.767 bits per heavy atom. The molecule has 3 heterocycles. The SMILES string of the molecule is CC(C)(C)c1ccc(-c2ccc3c(c2)C2(C)CCCCC2(C)N3c2cc3c4c(c2)N(c2ccc(C(C)(C)C)cc2-c2ccccc2)c2cc5c(cc2B4c2cc(C(C)(C)C)ccc2N3c2ccc(C(C)(C)C)cc2-c2ccccc2)C(C)(C)CCC5(C)C)cc1. The molecule has 0 amide bonds. The summed E-state index contributed by atoms with van der Waals surface area (Å²) in [6.45, 7) is 43.5. The minimum atomic E-state index is -0.235. The van der Waals surface area contributed by atoms with Crippen molar-refractivity contribution < 1.29 is 0 Å². The van der Waals surface area contributed by atoms with Gasteiger partial charge < -0.3 is 14.7 Å². The molecule has 5 aliphatic rings. The maximum Gasteiger partial charge on any atom is 0.252 e. The molecule has 14 rings (SSSR count). The van der Waals surface area contributed by atoms with Gasteiger partial charge in [-0.15, -0.1) is 0 Å². The molecule has 90 heavy (non-hydrogen) atoms. The fourth-order valence-electron chi connectivity index (χ4n) is 16.7. The molecule has 1 fully saturated rings. The number of hydrogen-bond donors (Lipinski definition) is 0. The molecule has 2 unspecified atom stereocenters. The fourth-order valence-corrected chi connectivity index (χ4v) is 16.7. The third kappa shape index (κ3) is 9.48. The molecule has 0 radical (unpaired) electrons. The summed E-state index contributed by atoms with van der Waals surface area (Å²) in [6.07, 6.45) is 6.90. The van der Waals surface area contributed by atoms with Crippen molar-refractivity contribution >= 4 is 68.6 Å². The van der Waals surface area contributed by atoms with Crippen LogP contribution in [-0.4, -0.2) is 12.3 Å². The molecular weight excluding hydrogens is 1090 g/mol. The van der Waals surface area contributed by atoms with Crippen LogP contribution in [-0.2, 0) is 37.9 Å². The summed E-state index contributed by atoms with van der Waals surface area (Å²) in [7, 11) is 0. The summed E-state index contributed by atoms with van der Waals surface area (Å²) in [5.41, 5.74) is 30.9. The maximum absolute atomic E-state index is 2.87. The molecule has 1 saturated carbocycles. The van der Waals surface area contributed by atoms with Crippen LogP contribution in [0.25, 0.3) is 33.4 Å². The van der Waals surface area contributed by atoms with E-state index in [2.05, 4.69) is 321 Å². The van der Waals surface area contributed by atoms with E-state index >= 15 is 0 Å². The van der Waals surface area contributed by atoms with E-state index in [1.165, 1.54) is 147 Å². The quantitative estimate of drug-likeness (QED) is 0.154. The summed E-state index contributed by atoms with van der Waals surface area (Å²) in [5.74, 6) is 0. The van der Waals surface area contributed by atoms with Crippen LogP contribution in [0, 0.1) is 0 Å². The van der Waals surface area contributed by atoms with Crippen LogP contribution in [0.15, 0.2) is 182 Å². The normalized spacial score (nSPS) is 19.8. The first kappa shape index (κ1) is 60.0. The second-order valence-corrected chi connectivity index (χ2v) is 33.7. The molecule has 0 bridgehead atoms. The second-order valence-electron chi connectivity index (χ2n) is 33.7. The molecule has 9 aromatic carbocycles. The van der Waals surface area contributed by atoms with Crippen LogP contribution in [0.5, 0.6) is 0 Å². The van der Waals surface area contributed by atoms with Crippen molar-refractivity contribution in [1.29, 1.82) is 0 Å². The lowest BCUT2D eigenvalue weighted by Crippen LogP contribution is -2.62. The Morgan fingerprint density at radius 1 is 0.333 bits per heavy atom. The van der Waals surface area contributed by atoms with E-state index in [1.807, 2.05) is 0 Å². The highest BCUT2D eigenvalue weighted by molar-refractivity contribution is 7.00. The van der Waals surface area contributed by atoms with Crippen molar-refractivity contribution in [3.63, 3.8) is 0 Å². The Kier molecular flexibility index (Phi) is 13.7. The summed E-state index contributed by atoms with van der Waals surface area (Å²) >= 11 is 0. The van der Waals surface area contributed by atoms with Gasteiger partial charge in [-0.2, -0.15) is 0 Å². The van der Waals surface area contributed by atoms with Crippen LogP contribution in [0.4, 0.5) is 45.5 Å². The number of benzene rings is 9. The van der Waals surface area contributed by atoms with Gasteiger partial charge >= 0.3 is 0 Å². The monoisotopic (exact) mass is 1180 g/mol.